The van der Waals surface area contributed by atoms with Gasteiger partial charge in [-0.1, -0.05) is 48.9 Å². The molecule has 0 aromatic heterocycles. The van der Waals surface area contributed by atoms with Gasteiger partial charge < -0.3 is 20.7 Å². The molecule has 5 N–H and O–H groups in total. The van der Waals surface area contributed by atoms with Crippen LogP contribution in [-0.2, 0) is 29.3 Å². The Balaban J connectivity index is 1.30. The second kappa shape index (κ2) is 11.8. The van der Waals surface area contributed by atoms with Crippen LogP contribution in [0.5, 0.6) is 0 Å². The average Bonchev–Trinajstić information content (AvgIpc) is 3.78. The third kappa shape index (κ3) is 6.72. The lowest BCUT2D eigenvalue weighted by molar-refractivity contribution is -0.146. The predicted octanol–water partition coefficient (Wildman–Crippen LogP) is 1.34. The van der Waals surface area contributed by atoms with Crippen molar-refractivity contribution in [1.29, 1.82) is 0 Å². The number of benzene rings is 1. The fraction of sp³-hybridized carbons (Fsp3) is 0.571. The number of primary amides is 1. The molecule has 0 spiro atoms. The van der Waals surface area contributed by atoms with Gasteiger partial charge in [0.05, 0.1) is 0 Å². The summed E-state index contributed by atoms with van der Waals surface area (Å²) in [5, 5.41) is 2.79. The zero-order valence-electron chi connectivity index (χ0n) is 22.8. The summed E-state index contributed by atoms with van der Waals surface area (Å²) in [6.07, 6.45) is 6.62. The fourth-order valence-corrected chi connectivity index (χ4v) is 7.16. The minimum absolute atomic E-state index is 0.0315. The quantitative estimate of drug-likeness (QED) is 0.363. The van der Waals surface area contributed by atoms with Gasteiger partial charge in [0, 0.05) is 24.4 Å². The summed E-state index contributed by atoms with van der Waals surface area (Å²) < 4.78 is 35.6. The number of ether oxygens (including phenoxy) is 1. The lowest BCUT2D eigenvalue weighted by Crippen LogP contribution is -2.58. The van der Waals surface area contributed by atoms with E-state index < -0.39 is 51.7 Å². The molecule has 3 fully saturated rings. The van der Waals surface area contributed by atoms with Crippen LogP contribution in [0.15, 0.2) is 42.5 Å². The van der Waals surface area contributed by atoms with Crippen LogP contribution in [-0.4, -0.2) is 67.4 Å². The zero-order chi connectivity index (χ0) is 29.2. The molecule has 4 unspecified atom stereocenters. The van der Waals surface area contributed by atoms with Gasteiger partial charge in [0.2, 0.25) is 5.91 Å². The zero-order valence-corrected chi connectivity index (χ0v) is 23.6. The summed E-state index contributed by atoms with van der Waals surface area (Å²) >= 11 is 0. The van der Waals surface area contributed by atoms with Crippen molar-refractivity contribution < 1.29 is 32.3 Å². The van der Waals surface area contributed by atoms with Crippen LogP contribution in [0.25, 0.3) is 0 Å². The van der Waals surface area contributed by atoms with Crippen LogP contribution >= 0.6 is 0 Å². The van der Waals surface area contributed by atoms with Crippen molar-refractivity contribution in [2.75, 3.05) is 6.54 Å². The molecule has 1 aromatic rings. The Morgan fingerprint density at radius 1 is 1.07 bits per heavy atom. The van der Waals surface area contributed by atoms with E-state index in [0.29, 0.717) is 45.1 Å². The molecule has 0 bridgehead atoms. The number of hydrogen-bond acceptors (Lipinski definition) is 7. The van der Waals surface area contributed by atoms with Gasteiger partial charge in [-0.3, -0.25) is 14.4 Å². The Labute approximate surface area is 239 Å². The second-order valence-corrected chi connectivity index (χ2v) is 12.8. The molecule has 6 atom stereocenters. The Bertz CT molecular complexity index is 1320. The first-order valence-corrected chi connectivity index (χ1v) is 15.7. The molecule has 4 aliphatic rings. The van der Waals surface area contributed by atoms with Gasteiger partial charge in [-0.2, -0.15) is 13.1 Å². The van der Waals surface area contributed by atoms with E-state index >= 15 is 0 Å². The monoisotopic (exact) mass is 587 g/mol. The third-order valence-corrected chi connectivity index (χ3v) is 9.46. The van der Waals surface area contributed by atoms with Crippen LogP contribution in [0.3, 0.4) is 0 Å². The number of allylic oxidation sites excluding steroid dienone is 1. The molecule has 13 heteroatoms. The van der Waals surface area contributed by atoms with E-state index in [4.69, 9.17) is 10.5 Å². The molecule has 0 radical (unpaired) electrons. The van der Waals surface area contributed by atoms with Gasteiger partial charge in [-0.25, -0.2) is 9.52 Å². The molecule has 1 aromatic carbocycles. The summed E-state index contributed by atoms with van der Waals surface area (Å²) in [5.74, 6) is -2.22. The predicted molar refractivity (Wildman–Crippen MR) is 148 cm³/mol. The largest absolute Gasteiger partial charge is 0.436 e. The number of amides is 4. The molecule has 5 rings (SSSR count). The number of fused-ring (bicyclic) bond motifs is 2. The Morgan fingerprint density at radius 3 is 2.61 bits per heavy atom. The molecular formula is C28H37N5O7S. The summed E-state index contributed by atoms with van der Waals surface area (Å²) in [5.41, 5.74) is 4.78. The van der Waals surface area contributed by atoms with Crippen molar-refractivity contribution in [3.05, 3.63) is 48.0 Å². The number of nitrogens with zero attached hydrogens (tertiary/aromatic N) is 1. The normalized spacial score (nSPS) is 32.8. The lowest BCUT2D eigenvalue weighted by atomic mass is 10.1. The van der Waals surface area contributed by atoms with Crippen LogP contribution in [0.1, 0.15) is 69.3 Å². The molecule has 12 nitrogen and oxygen atoms in total. The molecule has 2 saturated carbocycles. The van der Waals surface area contributed by atoms with Gasteiger partial charge in [0.15, 0.2) is 6.10 Å². The molecular weight excluding hydrogens is 550 g/mol. The molecule has 2 heterocycles. The maximum absolute atomic E-state index is 13.5. The third-order valence-electron chi connectivity index (χ3n) is 8.40. The maximum atomic E-state index is 13.5. The summed E-state index contributed by atoms with van der Waals surface area (Å²) in [4.78, 5) is 53.1. The highest BCUT2D eigenvalue weighted by Crippen LogP contribution is 2.46. The van der Waals surface area contributed by atoms with E-state index in [2.05, 4.69) is 14.8 Å². The Kier molecular flexibility index (Phi) is 8.37. The van der Waals surface area contributed by atoms with E-state index in [0.717, 1.165) is 18.4 Å². The van der Waals surface area contributed by atoms with Crippen LogP contribution in [0, 0.1) is 5.92 Å². The maximum Gasteiger partial charge on any atom is 0.405 e. The van der Waals surface area contributed by atoms with Gasteiger partial charge >= 0.3 is 16.3 Å². The number of carbonyl (C=O) groups is 4. The lowest BCUT2D eigenvalue weighted by Gasteiger charge is -2.29. The van der Waals surface area contributed by atoms with Crippen molar-refractivity contribution in [3.8, 4) is 0 Å². The fourth-order valence-electron chi connectivity index (χ4n) is 6.01. The SMILES string of the molecule is NC(=O)OC1CCCCC/C=C\C2CC2(C(=O)NS(=O)(=O)N[C@@H]2C[C@H]2c2ccccc2)NC(=O)C2CCCN2C1=O. The first kappa shape index (κ1) is 29.1. The number of rotatable bonds is 6. The highest BCUT2D eigenvalue weighted by Gasteiger charge is 2.61. The summed E-state index contributed by atoms with van der Waals surface area (Å²) in [6.45, 7) is 0.292. The topological polar surface area (TPSA) is 177 Å². The molecule has 2 aliphatic heterocycles. The number of nitrogens with one attached hydrogen (secondary N) is 3. The Morgan fingerprint density at radius 2 is 1.85 bits per heavy atom. The van der Waals surface area contributed by atoms with Gasteiger partial charge in [-0.15, -0.1) is 0 Å². The summed E-state index contributed by atoms with van der Waals surface area (Å²) in [6, 6.07) is 8.33. The van der Waals surface area contributed by atoms with Crippen molar-refractivity contribution in [3.63, 3.8) is 0 Å². The minimum atomic E-state index is -4.20. The molecule has 4 amide bonds. The van der Waals surface area contributed by atoms with Crippen LogP contribution in [0.4, 0.5) is 4.79 Å². The smallest absolute Gasteiger partial charge is 0.405 e. The summed E-state index contributed by atoms with van der Waals surface area (Å²) in [7, 11) is -4.20. The number of nitrogens with two attached hydrogens (primary N) is 1. The van der Waals surface area contributed by atoms with Gasteiger partial charge in [0.1, 0.15) is 11.6 Å². The highest BCUT2D eigenvalue weighted by atomic mass is 32.2. The van der Waals surface area contributed by atoms with Crippen molar-refractivity contribution in [1.82, 2.24) is 19.7 Å². The van der Waals surface area contributed by atoms with Gasteiger partial charge in [-0.05, 0) is 56.9 Å². The van der Waals surface area contributed by atoms with Crippen LogP contribution < -0.4 is 20.5 Å². The number of hydrogen-bond donors (Lipinski definition) is 4. The van der Waals surface area contributed by atoms with Crippen molar-refractivity contribution in [2.45, 2.75) is 87.4 Å². The Hall–Kier alpha value is -3.45. The van der Waals surface area contributed by atoms with E-state index in [1.54, 1.807) is 0 Å². The standard InChI is InChI=1S/C28H37N5O7S/c29-27(37)40-23-14-8-3-1-2-7-12-19-17-28(19,30-24(34)22-13-9-15-33(22)25(23)35)26(36)32-41(38,39)31-21-16-20(21)18-10-5-4-6-11-18/h4-7,10-12,19-23,31H,1-3,8-9,13-17H2,(H2,29,37)(H,30,34)(H,32,36)/b12-7-/t19?,20-,21+,22?,23?,28?/m0/s1. The van der Waals surface area contributed by atoms with Crippen molar-refractivity contribution in [2.24, 2.45) is 11.7 Å². The number of carbonyl (C=O) groups excluding carboxylic acids is 4. The molecule has 222 valence electrons. The van der Waals surface area contributed by atoms with E-state index in [-0.39, 0.29) is 24.3 Å². The highest BCUT2D eigenvalue weighted by molar-refractivity contribution is 7.88. The molecule has 41 heavy (non-hydrogen) atoms. The van der Waals surface area contributed by atoms with E-state index in [1.165, 1.54) is 4.90 Å². The minimum Gasteiger partial charge on any atom is -0.436 e. The molecule has 1 saturated heterocycles. The van der Waals surface area contributed by atoms with Crippen LogP contribution in [0.2, 0.25) is 0 Å². The second-order valence-electron chi connectivity index (χ2n) is 11.4. The first-order valence-electron chi connectivity index (χ1n) is 14.2. The molecule has 2 aliphatic carbocycles. The van der Waals surface area contributed by atoms with E-state index in [9.17, 15) is 27.6 Å². The van der Waals surface area contributed by atoms with E-state index in [1.807, 2.05) is 42.5 Å². The first-order chi connectivity index (χ1) is 19.6. The van der Waals surface area contributed by atoms with Gasteiger partial charge in [0.25, 0.3) is 11.8 Å². The average molecular weight is 588 g/mol. The van der Waals surface area contributed by atoms with Crippen molar-refractivity contribution >= 4 is 34.0 Å².